The van der Waals surface area contributed by atoms with E-state index in [1.165, 1.54) is 0 Å². The van der Waals surface area contributed by atoms with Crippen LogP contribution in [0.2, 0.25) is 0 Å². The van der Waals surface area contributed by atoms with Gasteiger partial charge in [0.15, 0.2) is 12.9 Å². The first kappa shape index (κ1) is 27.6. The largest absolute Gasteiger partial charge is 0.487 e. The number of hydrogen-bond donors (Lipinski definition) is 2. The quantitative estimate of drug-likeness (QED) is 0.258. The molecule has 5 atom stereocenters. The van der Waals surface area contributed by atoms with Crippen molar-refractivity contribution in [1.82, 2.24) is 0 Å². The van der Waals surface area contributed by atoms with Gasteiger partial charge in [-0.3, -0.25) is 4.79 Å². The van der Waals surface area contributed by atoms with E-state index in [4.69, 9.17) is 19.3 Å². The monoisotopic (exact) mass is 496 g/mol. The van der Waals surface area contributed by atoms with Crippen molar-refractivity contribution >= 4 is 5.97 Å². The van der Waals surface area contributed by atoms with E-state index >= 15 is 0 Å². The Morgan fingerprint density at radius 3 is 2.69 bits per heavy atom. The fourth-order valence-electron chi connectivity index (χ4n) is 4.95. The summed E-state index contributed by atoms with van der Waals surface area (Å²) in [4.78, 5) is 10.7. The van der Waals surface area contributed by atoms with Crippen LogP contribution in [0.4, 0.5) is 8.78 Å². The number of allylic oxidation sites excluding steroid dienone is 2. The fourth-order valence-corrected chi connectivity index (χ4v) is 4.95. The number of aliphatic hydroxyl groups excluding tert-OH is 1. The number of para-hydroxylation sites is 1. The summed E-state index contributed by atoms with van der Waals surface area (Å²) in [6.45, 7) is -0.0697. The first-order valence-electron chi connectivity index (χ1n) is 12.7. The normalized spacial score (nSPS) is 27.3. The van der Waals surface area contributed by atoms with Gasteiger partial charge in [0.2, 0.25) is 0 Å². The lowest BCUT2D eigenvalue weighted by Crippen LogP contribution is -2.33. The Morgan fingerprint density at radius 1 is 1.17 bits per heavy atom. The summed E-state index contributed by atoms with van der Waals surface area (Å²) in [6.07, 6.45) is 7.32. The minimum atomic E-state index is -3.01. The van der Waals surface area contributed by atoms with Crippen LogP contribution in [0.1, 0.15) is 64.2 Å². The number of ether oxygens (including phenoxy) is 3. The smallest absolute Gasteiger partial charge is 0.303 e. The summed E-state index contributed by atoms with van der Waals surface area (Å²) in [7, 11) is 0. The van der Waals surface area contributed by atoms with Crippen LogP contribution < -0.4 is 4.74 Å². The third-order valence-electron chi connectivity index (χ3n) is 6.83. The van der Waals surface area contributed by atoms with Gasteiger partial charge in [0.25, 0.3) is 5.92 Å². The molecule has 0 amide bonds. The van der Waals surface area contributed by atoms with E-state index in [1.54, 1.807) is 30.3 Å². The summed E-state index contributed by atoms with van der Waals surface area (Å²) in [5, 5.41) is 19.5. The Hall–Kier alpha value is -2.03. The molecule has 0 aromatic heterocycles. The number of halogens is 2. The molecule has 8 heteroatoms. The van der Waals surface area contributed by atoms with E-state index in [0.29, 0.717) is 38.0 Å². The molecule has 6 nitrogen and oxygen atoms in total. The van der Waals surface area contributed by atoms with Gasteiger partial charge in [0.05, 0.1) is 12.2 Å². The molecule has 2 N–H and O–H groups in total. The molecular weight excluding hydrogens is 458 g/mol. The van der Waals surface area contributed by atoms with Crippen LogP contribution in [0.25, 0.3) is 0 Å². The molecule has 1 saturated carbocycles. The lowest BCUT2D eigenvalue weighted by molar-refractivity contribution is -0.197. The van der Waals surface area contributed by atoms with E-state index in [-0.39, 0.29) is 43.5 Å². The maximum atomic E-state index is 14.7. The van der Waals surface area contributed by atoms with Crippen molar-refractivity contribution in [3.05, 3.63) is 42.5 Å². The summed E-state index contributed by atoms with van der Waals surface area (Å²) < 4.78 is 46.6. The molecule has 3 rings (SSSR count). The minimum absolute atomic E-state index is 0.108. The number of aliphatic carboxylic acids is 1. The van der Waals surface area contributed by atoms with Gasteiger partial charge in [-0.05, 0) is 68.9 Å². The van der Waals surface area contributed by atoms with Gasteiger partial charge in [-0.1, -0.05) is 30.4 Å². The number of hydrogen-bond acceptors (Lipinski definition) is 5. The van der Waals surface area contributed by atoms with E-state index < -0.39 is 24.6 Å². The zero-order valence-corrected chi connectivity index (χ0v) is 20.2. The summed E-state index contributed by atoms with van der Waals surface area (Å²) in [5.41, 5.74) is 0. The highest BCUT2D eigenvalue weighted by molar-refractivity contribution is 5.66. The molecule has 0 radical (unpaired) electrons. The SMILES string of the molecule is O=C(O)CCCC=CC[C@@H]1[C@@H](CCC(F)(F)COc2ccccc2)[C@H](OC2CCCCO2)C[C@@H]1O. The average Bonchev–Trinajstić information content (AvgIpc) is 3.13. The second-order valence-electron chi connectivity index (χ2n) is 9.59. The fraction of sp³-hybridized carbons (Fsp3) is 0.667. The summed E-state index contributed by atoms with van der Waals surface area (Å²) in [6, 6.07) is 8.57. The number of carboxylic acids is 1. The number of rotatable bonds is 14. The highest BCUT2D eigenvalue weighted by Gasteiger charge is 2.45. The molecule has 0 spiro atoms. The van der Waals surface area contributed by atoms with Crippen molar-refractivity contribution in [2.45, 2.75) is 88.6 Å². The number of carboxylic acid groups (broad SMARTS) is 1. The van der Waals surface area contributed by atoms with Crippen LogP contribution in [-0.4, -0.2) is 53.8 Å². The predicted octanol–water partition coefficient (Wildman–Crippen LogP) is 5.59. The first-order chi connectivity index (χ1) is 16.8. The molecule has 2 aliphatic rings. The molecule has 1 unspecified atom stereocenters. The van der Waals surface area contributed by atoms with Crippen LogP contribution in [-0.2, 0) is 14.3 Å². The zero-order chi connectivity index (χ0) is 25.1. The van der Waals surface area contributed by atoms with Crippen molar-refractivity contribution in [2.75, 3.05) is 13.2 Å². The lowest BCUT2D eigenvalue weighted by Gasteiger charge is -2.31. The molecule has 1 aromatic carbocycles. The molecule has 1 aromatic rings. The second kappa shape index (κ2) is 13.9. The van der Waals surface area contributed by atoms with E-state index in [0.717, 1.165) is 19.3 Å². The van der Waals surface area contributed by atoms with Crippen molar-refractivity contribution < 1.29 is 38.0 Å². The van der Waals surface area contributed by atoms with Gasteiger partial charge >= 0.3 is 5.97 Å². The molecule has 2 fully saturated rings. The van der Waals surface area contributed by atoms with E-state index in [9.17, 15) is 18.7 Å². The van der Waals surface area contributed by atoms with Crippen molar-refractivity contribution in [3.8, 4) is 5.75 Å². The van der Waals surface area contributed by atoms with Crippen LogP contribution in [0.15, 0.2) is 42.5 Å². The third-order valence-corrected chi connectivity index (χ3v) is 6.83. The number of unbranched alkanes of at least 4 members (excludes halogenated alkanes) is 1. The number of alkyl halides is 2. The molecule has 0 bridgehead atoms. The highest BCUT2D eigenvalue weighted by atomic mass is 19.3. The van der Waals surface area contributed by atoms with E-state index in [1.807, 2.05) is 12.2 Å². The average molecular weight is 497 g/mol. The Balaban J connectivity index is 1.58. The maximum absolute atomic E-state index is 14.7. The molecule has 35 heavy (non-hydrogen) atoms. The minimum Gasteiger partial charge on any atom is -0.487 e. The second-order valence-corrected chi connectivity index (χ2v) is 9.59. The number of aliphatic hydroxyl groups is 1. The summed E-state index contributed by atoms with van der Waals surface area (Å²) in [5.74, 6) is -3.87. The Labute approximate surface area is 206 Å². The van der Waals surface area contributed by atoms with Gasteiger partial charge in [0.1, 0.15) is 5.75 Å². The van der Waals surface area contributed by atoms with Crippen molar-refractivity contribution in [1.29, 1.82) is 0 Å². The van der Waals surface area contributed by atoms with Gasteiger partial charge in [-0.2, -0.15) is 0 Å². The molecule has 196 valence electrons. The molecule has 1 saturated heterocycles. The molecular formula is C27H38F2O6. The van der Waals surface area contributed by atoms with Crippen molar-refractivity contribution in [3.63, 3.8) is 0 Å². The third kappa shape index (κ3) is 9.50. The summed E-state index contributed by atoms with van der Waals surface area (Å²) >= 11 is 0. The maximum Gasteiger partial charge on any atom is 0.303 e. The van der Waals surface area contributed by atoms with Crippen LogP contribution >= 0.6 is 0 Å². The number of benzene rings is 1. The lowest BCUT2D eigenvalue weighted by atomic mass is 9.86. The Kier molecular flexibility index (Phi) is 10.9. The Morgan fingerprint density at radius 2 is 1.97 bits per heavy atom. The van der Waals surface area contributed by atoms with Gasteiger partial charge in [0, 0.05) is 25.9 Å². The Bertz CT molecular complexity index is 781. The molecule has 1 aliphatic heterocycles. The predicted molar refractivity (Wildman–Crippen MR) is 127 cm³/mol. The van der Waals surface area contributed by atoms with Crippen LogP contribution in [0.5, 0.6) is 5.75 Å². The van der Waals surface area contributed by atoms with E-state index in [2.05, 4.69) is 0 Å². The van der Waals surface area contributed by atoms with Gasteiger partial charge in [-0.25, -0.2) is 8.78 Å². The van der Waals surface area contributed by atoms with Crippen molar-refractivity contribution in [2.24, 2.45) is 11.8 Å². The zero-order valence-electron chi connectivity index (χ0n) is 20.2. The topological polar surface area (TPSA) is 85.2 Å². The van der Waals surface area contributed by atoms with Gasteiger partial charge < -0.3 is 24.4 Å². The standard InChI is InChI=1S/C27H38F2O6/c28-27(29,19-34-20-10-4-3-5-11-20)16-15-22-21(12-6-1-2-7-13-25(31)32)23(30)18-24(22)35-26-14-8-9-17-33-26/h1,3-6,10-11,21-24,26,30H,2,7-9,12-19H2,(H,31,32)/t21-,22-,23+,24-,26?/m1/s1. The highest BCUT2D eigenvalue weighted by Crippen LogP contribution is 2.42. The first-order valence-corrected chi connectivity index (χ1v) is 12.7. The van der Waals surface area contributed by atoms with Crippen LogP contribution in [0, 0.1) is 11.8 Å². The van der Waals surface area contributed by atoms with Gasteiger partial charge in [-0.15, -0.1) is 0 Å². The molecule has 1 heterocycles. The van der Waals surface area contributed by atoms with Crippen LogP contribution in [0.3, 0.4) is 0 Å². The number of carbonyl (C=O) groups is 1. The molecule has 1 aliphatic carbocycles.